The van der Waals surface area contributed by atoms with E-state index in [1.807, 2.05) is 18.3 Å². The van der Waals surface area contributed by atoms with Crippen LogP contribution in [0, 0.1) is 5.92 Å². The highest BCUT2D eigenvalue weighted by Gasteiger charge is 2.26. The van der Waals surface area contributed by atoms with Gasteiger partial charge in [0.1, 0.15) is 0 Å². The van der Waals surface area contributed by atoms with Crippen LogP contribution in [0.25, 0.3) is 10.9 Å². The minimum absolute atomic E-state index is 0.126. The predicted molar refractivity (Wildman–Crippen MR) is 70.4 cm³/mol. The van der Waals surface area contributed by atoms with E-state index >= 15 is 0 Å². The molecule has 2 atom stereocenters. The number of aromatic nitrogens is 1. The molecule has 1 aromatic heterocycles. The van der Waals surface area contributed by atoms with Crippen molar-refractivity contribution in [2.75, 3.05) is 0 Å². The Balaban J connectivity index is 1.93. The molecule has 1 aliphatic rings. The largest absolute Gasteiger partial charge is 0.393 e. The number of hydrogen-bond acceptors (Lipinski definition) is 1. The highest BCUT2D eigenvalue weighted by atomic mass is 35.5. The average molecular weight is 250 g/mol. The van der Waals surface area contributed by atoms with E-state index in [1.165, 1.54) is 10.9 Å². The average Bonchev–Trinajstić information content (AvgIpc) is 2.89. The summed E-state index contributed by atoms with van der Waals surface area (Å²) in [5, 5.41) is 11.8. The molecule has 1 fully saturated rings. The Bertz CT molecular complexity index is 534. The van der Waals surface area contributed by atoms with E-state index < -0.39 is 0 Å². The Morgan fingerprint density at radius 1 is 1.35 bits per heavy atom. The molecule has 0 amide bonds. The summed E-state index contributed by atoms with van der Waals surface area (Å²) in [7, 11) is 0. The third kappa shape index (κ3) is 1.96. The van der Waals surface area contributed by atoms with Gasteiger partial charge in [-0.2, -0.15) is 0 Å². The second-order valence-corrected chi connectivity index (χ2v) is 5.35. The van der Waals surface area contributed by atoms with Crippen molar-refractivity contribution in [2.45, 2.75) is 31.8 Å². The summed E-state index contributed by atoms with van der Waals surface area (Å²) in [5.74, 6) is 0.410. The maximum absolute atomic E-state index is 9.88. The number of benzene rings is 1. The number of hydrogen-bond donors (Lipinski definition) is 2. The van der Waals surface area contributed by atoms with Gasteiger partial charge in [0, 0.05) is 11.6 Å². The molecule has 1 aromatic carbocycles. The fraction of sp³-hybridized carbons (Fsp3) is 0.429. The van der Waals surface area contributed by atoms with Crippen LogP contribution in [0.1, 0.15) is 24.8 Å². The van der Waals surface area contributed by atoms with Gasteiger partial charge in [-0.25, -0.2) is 0 Å². The molecule has 2 N–H and O–H groups in total. The number of fused-ring (bicyclic) bond motifs is 1. The topological polar surface area (TPSA) is 36.0 Å². The molecule has 0 radical (unpaired) electrons. The van der Waals surface area contributed by atoms with Crippen LogP contribution in [-0.4, -0.2) is 16.2 Å². The second-order valence-electron chi connectivity index (χ2n) is 4.94. The van der Waals surface area contributed by atoms with Crippen molar-refractivity contribution >= 4 is 22.5 Å². The minimum atomic E-state index is -0.126. The molecule has 17 heavy (non-hydrogen) atoms. The quantitative estimate of drug-likeness (QED) is 0.839. The van der Waals surface area contributed by atoms with Gasteiger partial charge in [-0.05, 0) is 36.8 Å². The molecule has 2 unspecified atom stereocenters. The second kappa shape index (κ2) is 4.35. The molecule has 3 rings (SSSR count). The lowest BCUT2D eigenvalue weighted by Crippen LogP contribution is -2.15. The monoisotopic (exact) mass is 249 g/mol. The summed E-state index contributed by atoms with van der Waals surface area (Å²) in [6.07, 6.45) is 6.08. The van der Waals surface area contributed by atoms with Crippen LogP contribution in [0.5, 0.6) is 0 Å². The molecule has 0 spiro atoms. The highest BCUT2D eigenvalue weighted by molar-refractivity contribution is 6.35. The number of halogens is 1. The third-order valence-corrected chi connectivity index (χ3v) is 4.17. The summed E-state index contributed by atoms with van der Waals surface area (Å²) in [4.78, 5) is 3.23. The number of para-hydroxylation sites is 1. The first kappa shape index (κ1) is 11.1. The van der Waals surface area contributed by atoms with Crippen molar-refractivity contribution in [1.29, 1.82) is 0 Å². The Morgan fingerprint density at radius 2 is 2.24 bits per heavy atom. The minimum Gasteiger partial charge on any atom is -0.393 e. The summed E-state index contributed by atoms with van der Waals surface area (Å²) >= 11 is 6.14. The number of aromatic amines is 1. The molecule has 1 heterocycles. The molecule has 3 heteroatoms. The molecule has 2 nitrogen and oxygen atoms in total. The first-order chi connectivity index (χ1) is 8.25. The number of H-pyrrole nitrogens is 1. The summed E-state index contributed by atoms with van der Waals surface area (Å²) in [5.41, 5.74) is 2.28. The van der Waals surface area contributed by atoms with Gasteiger partial charge in [-0.1, -0.05) is 30.2 Å². The Morgan fingerprint density at radius 3 is 3.00 bits per heavy atom. The molecule has 0 aliphatic heterocycles. The van der Waals surface area contributed by atoms with Gasteiger partial charge in [0.05, 0.1) is 16.6 Å². The van der Waals surface area contributed by atoms with Crippen molar-refractivity contribution in [3.63, 3.8) is 0 Å². The lowest BCUT2D eigenvalue weighted by Gasteiger charge is -2.13. The van der Waals surface area contributed by atoms with Gasteiger partial charge in [-0.3, -0.25) is 0 Å². The van der Waals surface area contributed by atoms with Crippen LogP contribution in [0.15, 0.2) is 24.4 Å². The maximum atomic E-state index is 9.88. The molecule has 2 aromatic rings. The van der Waals surface area contributed by atoms with E-state index in [2.05, 4.69) is 11.1 Å². The fourth-order valence-electron chi connectivity index (χ4n) is 2.88. The first-order valence-corrected chi connectivity index (χ1v) is 6.56. The van der Waals surface area contributed by atoms with Crippen molar-refractivity contribution < 1.29 is 5.11 Å². The molecule has 1 aliphatic carbocycles. The zero-order valence-corrected chi connectivity index (χ0v) is 10.4. The Kier molecular flexibility index (Phi) is 2.85. The fourth-order valence-corrected chi connectivity index (χ4v) is 3.11. The lowest BCUT2D eigenvalue weighted by molar-refractivity contribution is 0.133. The highest BCUT2D eigenvalue weighted by Crippen LogP contribution is 2.32. The predicted octanol–water partition coefficient (Wildman–Crippen LogP) is 3.52. The first-order valence-electron chi connectivity index (χ1n) is 6.18. The van der Waals surface area contributed by atoms with Gasteiger partial charge in [0.25, 0.3) is 0 Å². The van der Waals surface area contributed by atoms with Crippen molar-refractivity contribution in [3.05, 3.63) is 35.0 Å². The van der Waals surface area contributed by atoms with E-state index in [9.17, 15) is 5.11 Å². The number of aliphatic hydroxyl groups excluding tert-OH is 1. The van der Waals surface area contributed by atoms with Crippen molar-refractivity contribution in [2.24, 2.45) is 5.92 Å². The standard InChI is InChI=1S/C14H16ClNO/c15-12-5-2-4-11-10(8-16-14(11)12)7-9-3-1-6-13(9)17/h2,4-5,8-9,13,16-17H,1,3,6-7H2. The van der Waals surface area contributed by atoms with Crippen LogP contribution >= 0.6 is 11.6 Å². The van der Waals surface area contributed by atoms with Gasteiger partial charge in [-0.15, -0.1) is 0 Å². The number of aliphatic hydroxyl groups is 1. The number of rotatable bonds is 2. The van der Waals surface area contributed by atoms with E-state index in [0.29, 0.717) is 5.92 Å². The van der Waals surface area contributed by atoms with E-state index in [4.69, 9.17) is 11.6 Å². The number of nitrogens with one attached hydrogen (secondary N) is 1. The van der Waals surface area contributed by atoms with Crippen LogP contribution in [-0.2, 0) is 6.42 Å². The van der Waals surface area contributed by atoms with E-state index in [0.717, 1.165) is 36.2 Å². The molecule has 1 saturated carbocycles. The summed E-state index contributed by atoms with van der Waals surface area (Å²) < 4.78 is 0. The molecular formula is C14H16ClNO. The molecule has 90 valence electrons. The smallest absolute Gasteiger partial charge is 0.0647 e. The lowest BCUT2D eigenvalue weighted by atomic mass is 9.96. The zero-order valence-electron chi connectivity index (χ0n) is 9.62. The summed E-state index contributed by atoms with van der Waals surface area (Å²) in [6, 6.07) is 5.97. The van der Waals surface area contributed by atoms with Gasteiger partial charge in [0.15, 0.2) is 0 Å². The SMILES string of the molecule is OC1CCCC1Cc1c[nH]c2c(Cl)cccc12. The van der Waals surface area contributed by atoms with Crippen LogP contribution in [0.4, 0.5) is 0 Å². The van der Waals surface area contributed by atoms with Gasteiger partial charge in [0.2, 0.25) is 0 Å². The molecular weight excluding hydrogens is 234 g/mol. The Hall–Kier alpha value is -0.990. The normalized spacial score (nSPS) is 24.6. The van der Waals surface area contributed by atoms with Crippen LogP contribution in [0.3, 0.4) is 0 Å². The van der Waals surface area contributed by atoms with Crippen LogP contribution < -0.4 is 0 Å². The van der Waals surface area contributed by atoms with E-state index in [1.54, 1.807) is 0 Å². The zero-order chi connectivity index (χ0) is 11.8. The Labute approximate surface area is 106 Å². The third-order valence-electron chi connectivity index (χ3n) is 3.85. The maximum Gasteiger partial charge on any atom is 0.0647 e. The van der Waals surface area contributed by atoms with Gasteiger partial charge >= 0.3 is 0 Å². The van der Waals surface area contributed by atoms with Gasteiger partial charge < -0.3 is 10.1 Å². The van der Waals surface area contributed by atoms with Crippen molar-refractivity contribution in [3.8, 4) is 0 Å². The van der Waals surface area contributed by atoms with E-state index in [-0.39, 0.29) is 6.10 Å². The van der Waals surface area contributed by atoms with Crippen LogP contribution in [0.2, 0.25) is 5.02 Å². The molecule has 0 bridgehead atoms. The summed E-state index contributed by atoms with van der Waals surface area (Å²) in [6.45, 7) is 0. The van der Waals surface area contributed by atoms with Crippen molar-refractivity contribution in [1.82, 2.24) is 4.98 Å². The molecule has 0 saturated heterocycles.